The lowest BCUT2D eigenvalue weighted by atomic mass is 10.2. The molecule has 70 valence electrons. The average Bonchev–Trinajstić information content (AvgIpc) is 2.08. The SMILES string of the molecule is COCc1ccccc1NC(C)=O. The molecule has 0 aromatic heterocycles. The largest absolute Gasteiger partial charge is 0.380 e. The minimum Gasteiger partial charge on any atom is -0.380 e. The molecule has 0 atom stereocenters. The highest BCUT2D eigenvalue weighted by atomic mass is 16.5. The van der Waals surface area contributed by atoms with Crippen LogP contribution in [-0.4, -0.2) is 13.0 Å². The van der Waals surface area contributed by atoms with Gasteiger partial charge in [-0.15, -0.1) is 0 Å². The molecule has 0 spiro atoms. The Morgan fingerprint density at radius 3 is 2.77 bits per heavy atom. The molecule has 0 radical (unpaired) electrons. The summed E-state index contributed by atoms with van der Waals surface area (Å²) in [5.74, 6) is -0.0662. The van der Waals surface area contributed by atoms with Crippen LogP contribution in [0.2, 0.25) is 0 Å². The molecule has 1 N–H and O–H groups in total. The molecule has 0 fully saturated rings. The van der Waals surface area contributed by atoms with Gasteiger partial charge in [0.2, 0.25) is 5.91 Å². The van der Waals surface area contributed by atoms with Crippen LogP contribution in [0.3, 0.4) is 0 Å². The Morgan fingerprint density at radius 1 is 1.46 bits per heavy atom. The predicted molar refractivity (Wildman–Crippen MR) is 51.5 cm³/mol. The second-order valence-corrected chi connectivity index (χ2v) is 2.77. The zero-order valence-corrected chi connectivity index (χ0v) is 7.83. The zero-order valence-electron chi connectivity index (χ0n) is 7.83. The van der Waals surface area contributed by atoms with E-state index in [4.69, 9.17) is 4.74 Å². The van der Waals surface area contributed by atoms with Crippen molar-refractivity contribution in [2.75, 3.05) is 12.4 Å². The van der Waals surface area contributed by atoms with Gasteiger partial charge in [0, 0.05) is 25.3 Å². The Hall–Kier alpha value is -1.35. The molecule has 1 amide bonds. The molecule has 3 heteroatoms. The van der Waals surface area contributed by atoms with E-state index in [1.54, 1.807) is 7.11 Å². The van der Waals surface area contributed by atoms with E-state index < -0.39 is 0 Å². The summed E-state index contributed by atoms with van der Waals surface area (Å²) in [7, 11) is 1.63. The van der Waals surface area contributed by atoms with Crippen molar-refractivity contribution in [1.29, 1.82) is 0 Å². The topological polar surface area (TPSA) is 38.3 Å². The third-order valence-corrected chi connectivity index (χ3v) is 1.63. The van der Waals surface area contributed by atoms with Crippen LogP contribution in [0.1, 0.15) is 12.5 Å². The molecule has 0 saturated heterocycles. The van der Waals surface area contributed by atoms with Crippen molar-refractivity contribution in [2.45, 2.75) is 13.5 Å². The van der Waals surface area contributed by atoms with Gasteiger partial charge in [-0.05, 0) is 6.07 Å². The lowest BCUT2D eigenvalue weighted by Crippen LogP contribution is -2.08. The number of ether oxygens (including phenoxy) is 1. The number of rotatable bonds is 3. The Morgan fingerprint density at radius 2 is 2.15 bits per heavy atom. The molecule has 0 unspecified atom stereocenters. The third kappa shape index (κ3) is 2.87. The normalized spacial score (nSPS) is 9.69. The van der Waals surface area contributed by atoms with E-state index in [1.165, 1.54) is 6.92 Å². The fourth-order valence-electron chi connectivity index (χ4n) is 1.11. The first-order chi connectivity index (χ1) is 6.24. The first-order valence-electron chi connectivity index (χ1n) is 4.08. The van der Waals surface area contributed by atoms with E-state index in [0.717, 1.165) is 11.3 Å². The molecule has 0 aliphatic rings. The van der Waals surface area contributed by atoms with Crippen LogP contribution in [0.25, 0.3) is 0 Å². The number of nitrogens with one attached hydrogen (secondary N) is 1. The molecule has 13 heavy (non-hydrogen) atoms. The molecule has 1 rings (SSSR count). The van der Waals surface area contributed by atoms with Gasteiger partial charge in [-0.1, -0.05) is 18.2 Å². The summed E-state index contributed by atoms with van der Waals surface area (Å²) < 4.78 is 5.00. The molecule has 1 aromatic rings. The van der Waals surface area contributed by atoms with Crippen molar-refractivity contribution in [3.8, 4) is 0 Å². The fraction of sp³-hybridized carbons (Fsp3) is 0.300. The summed E-state index contributed by atoms with van der Waals surface area (Å²) in [6.07, 6.45) is 0. The molecule has 0 aliphatic heterocycles. The van der Waals surface area contributed by atoms with Crippen molar-refractivity contribution < 1.29 is 9.53 Å². The molecule has 3 nitrogen and oxygen atoms in total. The molecule has 1 aromatic carbocycles. The van der Waals surface area contributed by atoms with E-state index >= 15 is 0 Å². The van der Waals surface area contributed by atoms with Gasteiger partial charge in [-0.3, -0.25) is 4.79 Å². The van der Waals surface area contributed by atoms with Gasteiger partial charge < -0.3 is 10.1 Å². The molecular formula is C10H13NO2. The van der Waals surface area contributed by atoms with E-state index in [1.807, 2.05) is 24.3 Å². The van der Waals surface area contributed by atoms with Crippen LogP contribution in [0, 0.1) is 0 Å². The minimum atomic E-state index is -0.0662. The Bertz CT molecular complexity index is 297. The van der Waals surface area contributed by atoms with Crippen LogP contribution in [0.4, 0.5) is 5.69 Å². The van der Waals surface area contributed by atoms with Crippen LogP contribution >= 0.6 is 0 Å². The minimum absolute atomic E-state index is 0.0662. The van der Waals surface area contributed by atoms with Crippen LogP contribution in [0.5, 0.6) is 0 Å². The van der Waals surface area contributed by atoms with Crippen molar-refractivity contribution in [1.82, 2.24) is 0 Å². The number of methoxy groups -OCH3 is 1. The van der Waals surface area contributed by atoms with E-state index in [9.17, 15) is 4.79 Å². The van der Waals surface area contributed by atoms with Gasteiger partial charge in [0.05, 0.1) is 6.61 Å². The highest BCUT2D eigenvalue weighted by Crippen LogP contribution is 2.15. The van der Waals surface area contributed by atoms with Crippen LogP contribution in [-0.2, 0) is 16.1 Å². The number of para-hydroxylation sites is 1. The predicted octanol–water partition coefficient (Wildman–Crippen LogP) is 1.79. The number of anilines is 1. The van der Waals surface area contributed by atoms with Crippen LogP contribution < -0.4 is 5.32 Å². The Balaban J connectivity index is 2.84. The highest BCUT2D eigenvalue weighted by molar-refractivity contribution is 5.89. The quantitative estimate of drug-likeness (QED) is 0.768. The lowest BCUT2D eigenvalue weighted by molar-refractivity contribution is -0.114. The van der Waals surface area contributed by atoms with Crippen molar-refractivity contribution in [2.24, 2.45) is 0 Å². The van der Waals surface area contributed by atoms with E-state index in [-0.39, 0.29) is 5.91 Å². The molecule has 0 aliphatic carbocycles. The first kappa shape index (κ1) is 9.74. The smallest absolute Gasteiger partial charge is 0.221 e. The maximum atomic E-state index is 10.8. The summed E-state index contributed by atoms with van der Waals surface area (Å²) >= 11 is 0. The van der Waals surface area contributed by atoms with Gasteiger partial charge in [-0.25, -0.2) is 0 Å². The lowest BCUT2D eigenvalue weighted by Gasteiger charge is -2.07. The number of carbonyl (C=O) groups excluding carboxylic acids is 1. The molecule has 0 bridgehead atoms. The second kappa shape index (κ2) is 4.62. The number of hydrogen-bond acceptors (Lipinski definition) is 2. The third-order valence-electron chi connectivity index (χ3n) is 1.63. The number of benzene rings is 1. The summed E-state index contributed by atoms with van der Waals surface area (Å²) in [6.45, 7) is 2.00. The summed E-state index contributed by atoms with van der Waals surface area (Å²) in [4.78, 5) is 10.8. The van der Waals surface area contributed by atoms with Gasteiger partial charge in [0.25, 0.3) is 0 Å². The average molecular weight is 179 g/mol. The first-order valence-corrected chi connectivity index (χ1v) is 4.08. The number of hydrogen-bond donors (Lipinski definition) is 1. The monoisotopic (exact) mass is 179 g/mol. The Kier molecular flexibility index (Phi) is 3.46. The van der Waals surface area contributed by atoms with Gasteiger partial charge in [0.1, 0.15) is 0 Å². The van der Waals surface area contributed by atoms with E-state index in [2.05, 4.69) is 5.32 Å². The summed E-state index contributed by atoms with van der Waals surface area (Å²) in [5, 5.41) is 2.74. The van der Waals surface area contributed by atoms with Crippen molar-refractivity contribution in [3.63, 3.8) is 0 Å². The number of amides is 1. The second-order valence-electron chi connectivity index (χ2n) is 2.77. The Labute approximate surface area is 77.7 Å². The van der Waals surface area contributed by atoms with Gasteiger partial charge >= 0.3 is 0 Å². The maximum absolute atomic E-state index is 10.8. The van der Waals surface area contributed by atoms with Gasteiger partial charge in [0.15, 0.2) is 0 Å². The van der Waals surface area contributed by atoms with Gasteiger partial charge in [-0.2, -0.15) is 0 Å². The zero-order chi connectivity index (χ0) is 9.68. The standard InChI is InChI=1S/C10H13NO2/c1-8(12)11-10-6-4-3-5-9(10)7-13-2/h3-6H,7H2,1-2H3,(H,11,12). The molecular weight excluding hydrogens is 166 g/mol. The summed E-state index contributed by atoms with van der Waals surface area (Å²) in [5.41, 5.74) is 1.80. The molecule has 0 saturated carbocycles. The van der Waals surface area contributed by atoms with Crippen molar-refractivity contribution in [3.05, 3.63) is 29.8 Å². The molecule has 0 heterocycles. The fourth-order valence-corrected chi connectivity index (χ4v) is 1.11. The number of carbonyl (C=O) groups is 1. The highest BCUT2D eigenvalue weighted by Gasteiger charge is 2.01. The summed E-state index contributed by atoms with van der Waals surface area (Å²) in [6, 6.07) is 7.58. The van der Waals surface area contributed by atoms with Crippen molar-refractivity contribution >= 4 is 11.6 Å². The van der Waals surface area contributed by atoms with Crippen LogP contribution in [0.15, 0.2) is 24.3 Å². The maximum Gasteiger partial charge on any atom is 0.221 e. The van der Waals surface area contributed by atoms with E-state index in [0.29, 0.717) is 6.61 Å².